The Hall–Kier alpha value is -1.05. The molecule has 0 aromatic heterocycles. The minimum absolute atomic E-state index is 0.373. The minimum Gasteiger partial charge on any atom is -0.457 e. The van der Waals surface area contributed by atoms with Gasteiger partial charge in [-0.3, -0.25) is 0 Å². The summed E-state index contributed by atoms with van der Waals surface area (Å²) in [6.07, 6.45) is 5.16. The van der Waals surface area contributed by atoms with Gasteiger partial charge in [0.05, 0.1) is 0 Å². The molecule has 0 amide bonds. The maximum atomic E-state index is 10.5. The number of hydrogen-bond acceptors (Lipinski definition) is 2. The zero-order valence-electron chi connectivity index (χ0n) is 9.26. The van der Waals surface area contributed by atoms with Crippen molar-refractivity contribution in [3.63, 3.8) is 0 Å². The first-order valence-electron chi connectivity index (χ1n) is 4.30. The number of rotatable bonds is 1. The van der Waals surface area contributed by atoms with Gasteiger partial charge in [-0.25, -0.2) is 4.79 Å². The van der Waals surface area contributed by atoms with Crippen LogP contribution in [0.1, 0.15) is 34.6 Å². The molecular formula is C11H20O2. The van der Waals surface area contributed by atoms with Crippen molar-refractivity contribution in [3.05, 3.63) is 24.8 Å². The largest absolute Gasteiger partial charge is 0.457 e. The van der Waals surface area contributed by atoms with Gasteiger partial charge in [0, 0.05) is 6.08 Å². The number of ether oxygens (including phenoxy) is 1. The molecule has 0 spiro atoms. The SMILES string of the molecule is C/C=C/C.C=CC(=O)OC(C)(C)C. The summed E-state index contributed by atoms with van der Waals surface area (Å²) in [5, 5.41) is 0. The van der Waals surface area contributed by atoms with Gasteiger partial charge in [0.15, 0.2) is 0 Å². The Balaban J connectivity index is 0. The van der Waals surface area contributed by atoms with Gasteiger partial charge in [0.2, 0.25) is 0 Å². The molecule has 0 saturated heterocycles. The van der Waals surface area contributed by atoms with Crippen molar-refractivity contribution in [1.29, 1.82) is 0 Å². The van der Waals surface area contributed by atoms with Gasteiger partial charge in [-0.2, -0.15) is 0 Å². The summed E-state index contributed by atoms with van der Waals surface area (Å²) < 4.78 is 4.83. The molecule has 76 valence electrons. The molecule has 0 aliphatic rings. The number of hydrogen-bond donors (Lipinski definition) is 0. The molecule has 0 N–H and O–H groups in total. The summed E-state index contributed by atoms with van der Waals surface area (Å²) in [5.74, 6) is -0.373. The zero-order valence-corrected chi connectivity index (χ0v) is 9.26. The van der Waals surface area contributed by atoms with Crippen LogP contribution < -0.4 is 0 Å². The fourth-order valence-corrected chi connectivity index (χ4v) is 0.343. The Bertz CT molecular complexity index is 169. The molecule has 0 rings (SSSR count). The molecule has 0 aliphatic heterocycles. The van der Waals surface area contributed by atoms with Crippen LogP contribution in [0.25, 0.3) is 0 Å². The minimum atomic E-state index is -0.398. The summed E-state index contributed by atoms with van der Waals surface area (Å²) in [6, 6.07) is 0. The first kappa shape index (κ1) is 14.5. The van der Waals surface area contributed by atoms with E-state index in [1.54, 1.807) is 0 Å². The van der Waals surface area contributed by atoms with Gasteiger partial charge in [0.25, 0.3) is 0 Å². The van der Waals surface area contributed by atoms with Gasteiger partial charge in [0.1, 0.15) is 5.60 Å². The van der Waals surface area contributed by atoms with E-state index >= 15 is 0 Å². The molecule has 0 unspecified atom stereocenters. The lowest BCUT2D eigenvalue weighted by Gasteiger charge is -2.17. The van der Waals surface area contributed by atoms with E-state index in [-0.39, 0.29) is 5.97 Å². The summed E-state index contributed by atoms with van der Waals surface area (Å²) in [5.41, 5.74) is -0.398. The van der Waals surface area contributed by atoms with Crippen LogP contribution in [0.15, 0.2) is 24.8 Å². The third-order valence-corrected chi connectivity index (χ3v) is 0.907. The Morgan fingerprint density at radius 3 is 1.69 bits per heavy atom. The highest BCUT2D eigenvalue weighted by molar-refractivity contribution is 5.81. The maximum absolute atomic E-state index is 10.5. The molecule has 0 saturated carbocycles. The van der Waals surface area contributed by atoms with Gasteiger partial charge >= 0.3 is 5.97 Å². The lowest BCUT2D eigenvalue weighted by atomic mass is 10.2. The molecule has 0 bridgehead atoms. The van der Waals surface area contributed by atoms with E-state index in [0.29, 0.717) is 0 Å². The van der Waals surface area contributed by atoms with Crippen LogP contribution in [0.3, 0.4) is 0 Å². The highest BCUT2D eigenvalue weighted by Gasteiger charge is 2.12. The summed E-state index contributed by atoms with van der Waals surface area (Å²) >= 11 is 0. The van der Waals surface area contributed by atoms with E-state index in [2.05, 4.69) is 6.58 Å². The van der Waals surface area contributed by atoms with Crippen molar-refractivity contribution in [3.8, 4) is 0 Å². The fraction of sp³-hybridized carbons (Fsp3) is 0.545. The number of allylic oxidation sites excluding steroid dienone is 2. The standard InChI is InChI=1S/C7H12O2.C4H8/c1-5-6(8)9-7(2,3)4;1-3-4-2/h5H,1H2,2-4H3;3-4H,1-2H3/b;4-3+. The highest BCUT2D eigenvalue weighted by Crippen LogP contribution is 2.06. The van der Waals surface area contributed by atoms with Crippen molar-refractivity contribution < 1.29 is 9.53 Å². The van der Waals surface area contributed by atoms with Crippen molar-refractivity contribution in [2.24, 2.45) is 0 Å². The normalized spacial score (nSPS) is 10.2. The molecule has 0 radical (unpaired) electrons. The zero-order chi connectivity index (χ0) is 10.9. The van der Waals surface area contributed by atoms with E-state index in [4.69, 9.17) is 4.74 Å². The van der Waals surface area contributed by atoms with Crippen molar-refractivity contribution >= 4 is 5.97 Å². The average molecular weight is 184 g/mol. The Morgan fingerprint density at radius 1 is 1.23 bits per heavy atom. The second-order valence-electron chi connectivity index (χ2n) is 3.40. The van der Waals surface area contributed by atoms with Crippen LogP contribution in [-0.2, 0) is 9.53 Å². The van der Waals surface area contributed by atoms with Gasteiger partial charge < -0.3 is 4.74 Å². The number of carbonyl (C=O) groups is 1. The van der Waals surface area contributed by atoms with E-state index in [0.717, 1.165) is 6.08 Å². The fourth-order valence-electron chi connectivity index (χ4n) is 0.343. The Labute approximate surface area is 81.3 Å². The lowest BCUT2D eigenvalue weighted by Crippen LogP contribution is -2.22. The quantitative estimate of drug-likeness (QED) is 0.355. The molecule has 13 heavy (non-hydrogen) atoms. The van der Waals surface area contributed by atoms with Crippen LogP contribution >= 0.6 is 0 Å². The summed E-state index contributed by atoms with van der Waals surface area (Å²) in [4.78, 5) is 10.5. The topological polar surface area (TPSA) is 26.3 Å². The molecule has 0 aliphatic carbocycles. The summed E-state index contributed by atoms with van der Waals surface area (Å²) in [7, 11) is 0. The van der Waals surface area contributed by atoms with E-state index in [9.17, 15) is 4.79 Å². The number of esters is 1. The predicted octanol–water partition coefficient (Wildman–Crippen LogP) is 3.10. The van der Waals surface area contributed by atoms with Crippen molar-refractivity contribution in [2.45, 2.75) is 40.2 Å². The molecule has 0 heterocycles. The third kappa shape index (κ3) is 18.2. The van der Waals surface area contributed by atoms with Crippen LogP contribution in [0.5, 0.6) is 0 Å². The highest BCUT2D eigenvalue weighted by atomic mass is 16.6. The van der Waals surface area contributed by atoms with Crippen molar-refractivity contribution in [2.75, 3.05) is 0 Å². The van der Waals surface area contributed by atoms with E-state index in [1.807, 2.05) is 46.8 Å². The van der Waals surface area contributed by atoms with Crippen LogP contribution in [-0.4, -0.2) is 11.6 Å². The third-order valence-electron chi connectivity index (χ3n) is 0.907. The second-order valence-corrected chi connectivity index (χ2v) is 3.40. The predicted molar refractivity (Wildman–Crippen MR) is 56.5 cm³/mol. The second kappa shape index (κ2) is 7.59. The van der Waals surface area contributed by atoms with Gasteiger partial charge in [-0.05, 0) is 34.6 Å². The van der Waals surface area contributed by atoms with Crippen molar-refractivity contribution in [1.82, 2.24) is 0 Å². The molecular weight excluding hydrogens is 164 g/mol. The molecule has 2 heteroatoms. The smallest absolute Gasteiger partial charge is 0.330 e. The first-order chi connectivity index (χ1) is 5.87. The molecule has 0 aromatic rings. The molecule has 0 aromatic carbocycles. The van der Waals surface area contributed by atoms with E-state index < -0.39 is 5.60 Å². The summed E-state index contributed by atoms with van der Waals surface area (Å²) in [6.45, 7) is 12.7. The van der Waals surface area contributed by atoms with Gasteiger partial charge in [-0.15, -0.1) is 0 Å². The number of carbonyl (C=O) groups excluding carboxylic acids is 1. The first-order valence-corrected chi connectivity index (χ1v) is 4.30. The van der Waals surface area contributed by atoms with Crippen LogP contribution in [0.2, 0.25) is 0 Å². The lowest BCUT2D eigenvalue weighted by molar-refractivity contribution is -0.148. The van der Waals surface area contributed by atoms with Crippen LogP contribution in [0, 0.1) is 0 Å². The van der Waals surface area contributed by atoms with Gasteiger partial charge in [-0.1, -0.05) is 18.7 Å². The maximum Gasteiger partial charge on any atom is 0.330 e. The van der Waals surface area contributed by atoms with E-state index in [1.165, 1.54) is 0 Å². The Kier molecular flexibility index (Phi) is 8.45. The van der Waals surface area contributed by atoms with Crippen LogP contribution in [0.4, 0.5) is 0 Å². The molecule has 0 atom stereocenters. The molecule has 0 fully saturated rings. The Morgan fingerprint density at radius 2 is 1.62 bits per heavy atom. The average Bonchev–Trinajstić information content (AvgIpc) is 2.02. The monoisotopic (exact) mass is 184 g/mol. The molecule has 2 nitrogen and oxygen atoms in total.